The van der Waals surface area contributed by atoms with E-state index in [0.29, 0.717) is 11.5 Å². The Morgan fingerprint density at radius 1 is 1.67 bits per heavy atom. The fraction of sp³-hybridized carbons (Fsp3) is 0.143. The van der Waals surface area contributed by atoms with Crippen molar-refractivity contribution in [3.8, 4) is 0 Å². The summed E-state index contributed by atoms with van der Waals surface area (Å²) in [4.78, 5) is 10.2. The van der Waals surface area contributed by atoms with Crippen molar-refractivity contribution in [3.05, 3.63) is 22.8 Å². The minimum atomic E-state index is -0.0909. The molecule has 1 aromatic heterocycles. The number of hydrogen-bond acceptors (Lipinski definition) is 4. The number of aromatic nitrogens is 2. The van der Waals surface area contributed by atoms with Crippen LogP contribution in [-0.2, 0) is 0 Å². The predicted octanol–water partition coefficient (Wildman–Crippen LogP) is -2.50. The van der Waals surface area contributed by atoms with Crippen LogP contribution < -0.4 is 32.3 Å². The molecule has 1 aromatic rings. The number of anilines is 2. The SMILES string of the molecule is C=CNc1ncnc([I-]C)c1N. The molecule has 4 nitrogen and oxygen atoms in total. The molecule has 0 spiro atoms. The van der Waals surface area contributed by atoms with E-state index in [1.54, 1.807) is 6.20 Å². The molecule has 0 aromatic carbocycles. The van der Waals surface area contributed by atoms with Gasteiger partial charge in [0.05, 0.1) is 0 Å². The Balaban J connectivity index is 3.04. The number of nitrogens with one attached hydrogen (secondary N) is 1. The number of rotatable bonds is 3. The molecule has 0 amide bonds. The topological polar surface area (TPSA) is 63.8 Å². The normalized spacial score (nSPS) is 9.75. The van der Waals surface area contributed by atoms with Crippen LogP contribution in [0.2, 0.25) is 0 Å². The second kappa shape index (κ2) is 4.24. The van der Waals surface area contributed by atoms with Crippen molar-refractivity contribution >= 4 is 11.5 Å². The molecular formula is C7H10IN4-. The first-order valence-electron chi connectivity index (χ1n) is 3.27. The molecule has 1 heterocycles. The van der Waals surface area contributed by atoms with Crippen LogP contribution in [0.4, 0.5) is 11.5 Å². The average Bonchev–Trinajstić information content (AvgIpc) is 2.09. The van der Waals surface area contributed by atoms with Gasteiger partial charge in [0.2, 0.25) is 0 Å². The van der Waals surface area contributed by atoms with Gasteiger partial charge in [-0.15, -0.1) is 0 Å². The summed E-state index contributed by atoms with van der Waals surface area (Å²) in [7, 11) is 0. The maximum absolute atomic E-state index is 5.77. The number of nitrogens with two attached hydrogens (primary N) is 1. The van der Waals surface area contributed by atoms with Crippen molar-refractivity contribution in [1.82, 2.24) is 9.97 Å². The first kappa shape index (κ1) is 9.24. The van der Waals surface area contributed by atoms with Crippen molar-refractivity contribution in [2.75, 3.05) is 16.0 Å². The fourth-order valence-corrected chi connectivity index (χ4v) is 1.98. The number of nitrogens with zero attached hydrogens (tertiary/aromatic N) is 2. The van der Waals surface area contributed by atoms with Gasteiger partial charge >= 0.3 is 81.5 Å². The van der Waals surface area contributed by atoms with E-state index < -0.39 is 0 Å². The van der Waals surface area contributed by atoms with Gasteiger partial charge in [0, 0.05) is 0 Å². The Labute approximate surface area is 81.6 Å². The monoisotopic (exact) mass is 277 g/mol. The zero-order valence-electron chi connectivity index (χ0n) is 6.71. The number of hydrogen-bond donors (Lipinski definition) is 2. The molecule has 0 bridgehead atoms. The molecule has 66 valence electrons. The third kappa shape index (κ3) is 1.84. The fourth-order valence-electron chi connectivity index (χ4n) is 0.736. The van der Waals surface area contributed by atoms with Crippen LogP contribution in [0.1, 0.15) is 0 Å². The molecule has 0 unspecified atom stereocenters. The maximum atomic E-state index is 5.77. The van der Waals surface area contributed by atoms with Crippen molar-refractivity contribution in [2.24, 2.45) is 0 Å². The van der Waals surface area contributed by atoms with Crippen LogP contribution >= 0.6 is 0 Å². The molecule has 0 aliphatic carbocycles. The molecule has 12 heavy (non-hydrogen) atoms. The van der Waals surface area contributed by atoms with Crippen LogP contribution in [-0.4, -0.2) is 14.9 Å². The molecule has 0 fully saturated rings. The van der Waals surface area contributed by atoms with Gasteiger partial charge in [0.1, 0.15) is 0 Å². The molecule has 0 saturated carbocycles. The van der Waals surface area contributed by atoms with E-state index in [9.17, 15) is 0 Å². The van der Waals surface area contributed by atoms with Crippen LogP contribution in [0.25, 0.3) is 0 Å². The van der Waals surface area contributed by atoms with Gasteiger partial charge in [-0.2, -0.15) is 0 Å². The molecule has 0 aliphatic rings. The van der Waals surface area contributed by atoms with E-state index >= 15 is 0 Å². The van der Waals surface area contributed by atoms with Crippen molar-refractivity contribution in [1.29, 1.82) is 0 Å². The number of nitrogen functional groups attached to an aromatic ring is 1. The van der Waals surface area contributed by atoms with Crippen molar-refractivity contribution in [3.63, 3.8) is 0 Å². The van der Waals surface area contributed by atoms with Crippen LogP contribution in [0, 0.1) is 3.70 Å². The van der Waals surface area contributed by atoms with Crippen molar-refractivity contribution in [2.45, 2.75) is 0 Å². The zero-order valence-corrected chi connectivity index (χ0v) is 8.87. The Morgan fingerprint density at radius 3 is 3.00 bits per heavy atom. The van der Waals surface area contributed by atoms with Gasteiger partial charge in [-0.1, -0.05) is 0 Å². The van der Waals surface area contributed by atoms with Gasteiger partial charge in [-0.3, -0.25) is 0 Å². The summed E-state index contributed by atoms with van der Waals surface area (Å²) >= 11 is -0.0909. The van der Waals surface area contributed by atoms with Gasteiger partial charge < -0.3 is 0 Å². The summed E-state index contributed by atoms with van der Waals surface area (Å²) in [5, 5.41) is 2.86. The Kier molecular flexibility index (Phi) is 3.27. The summed E-state index contributed by atoms with van der Waals surface area (Å²) in [6, 6.07) is 0. The Bertz CT molecular complexity index is 287. The van der Waals surface area contributed by atoms with Gasteiger partial charge in [0.25, 0.3) is 0 Å². The summed E-state index contributed by atoms with van der Waals surface area (Å²) in [6.45, 7) is 3.53. The predicted molar refractivity (Wildman–Crippen MR) is 44.9 cm³/mol. The molecule has 5 heteroatoms. The number of alkyl halides is 1. The summed E-state index contributed by atoms with van der Waals surface area (Å²) in [5.41, 5.74) is 6.42. The Morgan fingerprint density at radius 2 is 2.42 bits per heavy atom. The van der Waals surface area contributed by atoms with Crippen molar-refractivity contribution < 1.29 is 21.2 Å². The second-order valence-electron chi connectivity index (χ2n) is 1.96. The van der Waals surface area contributed by atoms with Gasteiger partial charge in [-0.25, -0.2) is 0 Å². The standard InChI is InChI=1S/C7H10IN4/c1-3-10-7-5(9)6(8-2)11-4-12-7/h3-4H,1,9H2,2H3,(H,10,11,12)/q-1. The first-order chi connectivity index (χ1) is 5.79. The minimum absolute atomic E-state index is 0.0909. The molecule has 0 radical (unpaired) electrons. The van der Waals surface area contributed by atoms with E-state index in [-0.39, 0.29) is 21.2 Å². The molecule has 0 atom stereocenters. The van der Waals surface area contributed by atoms with Crippen LogP contribution in [0.3, 0.4) is 0 Å². The van der Waals surface area contributed by atoms with Gasteiger partial charge in [-0.05, 0) is 0 Å². The third-order valence-electron chi connectivity index (χ3n) is 1.25. The van der Waals surface area contributed by atoms with Crippen LogP contribution in [0.15, 0.2) is 19.1 Å². The molecule has 0 aliphatic heterocycles. The van der Waals surface area contributed by atoms with E-state index in [1.165, 1.54) is 6.33 Å². The van der Waals surface area contributed by atoms with E-state index in [4.69, 9.17) is 5.73 Å². The first-order valence-corrected chi connectivity index (χ1v) is 6.50. The van der Waals surface area contributed by atoms with Crippen LogP contribution in [0.5, 0.6) is 0 Å². The Hall–Kier alpha value is -0.850. The molecular weight excluding hydrogens is 267 g/mol. The third-order valence-corrected chi connectivity index (χ3v) is 3.13. The number of halogens is 1. The van der Waals surface area contributed by atoms with E-state index in [2.05, 4.69) is 26.8 Å². The molecule has 3 N–H and O–H groups in total. The second-order valence-corrected chi connectivity index (χ2v) is 4.06. The van der Waals surface area contributed by atoms with E-state index in [0.717, 1.165) is 3.70 Å². The molecule has 0 saturated heterocycles. The summed E-state index contributed by atoms with van der Waals surface area (Å²) < 4.78 is 0.966. The average molecular weight is 277 g/mol. The summed E-state index contributed by atoms with van der Waals surface area (Å²) in [6.07, 6.45) is 3.07. The summed E-state index contributed by atoms with van der Waals surface area (Å²) in [5.74, 6) is 0.650. The van der Waals surface area contributed by atoms with E-state index in [1.807, 2.05) is 0 Å². The zero-order chi connectivity index (χ0) is 8.97. The quantitative estimate of drug-likeness (QED) is 0.364. The van der Waals surface area contributed by atoms with Gasteiger partial charge in [0.15, 0.2) is 0 Å². The molecule has 1 rings (SSSR count).